The minimum absolute atomic E-state index is 0.0249. The molecule has 4 nitrogen and oxygen atoms in total. The zero-order valence-electron chi connectivity index (χ0n) is 19.2. The van der Waals surface area contributed by atoms with Gasteiger partial charge in [-0.1, -0.05) is 78.9 Å². The number of quaternary nitrogens is 1. The number of benzene rings is 1. The molecule has 4 heterocycles. The minimum Gasteiger partial charge on any atom is -0.456 e. The third kappa shape index (κ3) is 4.04. The molecule has 6 aliphatic rings. The number of carbonyl (C=O) groups is 1. The lowest BCUT2D eigenvalue weighted by Gasteiger charge is -2.52. The smallest absolute Gasteiger partial charge is 0.310 e. The number of rotatable bonds is 5. The number of carbonyl (C=O) groups excluding carboxylic acids is 1. The third-order valence-corrected chi connectivity index (χ3v) is 8.69. The molecule has 0 spiro atoms. The van der Waals surface area contributed by atoms with E-state index in [4.69, 9.17) is 9.47 Å². The summed E-state index contributed by atoms with van der Waals surface area (Å²) in [6.45, 7) is 4.55. The largest absolute Gasteiger partial charge is 0.456 e. The molecule has 33 heavy (non-hydrogen) atoms. The Labute approximate surface area is 196 Å². The first-order valence-corrected chi connectivity index (χ1v) is 12.7. The van der Waals surface area contributed by atoms with Gasteiger partial charge in [-0.05, 0) is 5.56 Å². The Bertz CT molecular complexity index is 951. The highest BCUT2D eigenvalue weighted by Crippen LogP contribution is 2.43. The quantitative estimate of drug-likeness (QED) is 0.503. The highest BCUT2D eigenvalue weighted by atomic mass is 16.5. The van der Waals surface area contributed by atoms with Crippen LogP contribution in [0, 0.1) is 23.7 Å². The van der Waals surface area contributed by atoms with Crippen molar-refractivity contribution in [1.29, 1.82) is 0 Å². The van der Waals surface area contributed by atoms with Gasteiger partial charge in [0.25, 0.3) is 0 Å². The molecule has 4 heteroatoms. The van der Waals surface area contributed by atoms with Gasteiger partial charge in [-0.2, -0.15) is 0 Å². The van der Waals surface area contributed by atoms with Crippen molar-refractivity contribution in [3.63, 3.8) is 0 Å². The Balaban J connectivity index is 1.17. The molecule has 172 valence electrons. The monoisotopic (exact) mass is 444 g/mol. The number of allylic oxidation sites excluding steroid dienone is 4. The van der Waals surface area contributed by atoms with Gasteiger partial charge in [-0.15, -0.1) is 0 Å². The van der Waals surface area contributed by atoms with Crippen molar-refractivity contribution in [3.8, 4) is 0 Å². The maximum absolute atomic E-state index is 13.7. The molecule has 0 saturated carbocycles. The van der Waals surface area contributed by atoms with E-state index in [1.807, 2.05) is 24.3 Å². The van der Waals surface area contributed by atoms with Crippen LogP contribution in [0.5, 0.6) is 0 Å². The number of nitrogens with zero attached hydrogens (tertiary/aromatic N) is 1. The number of hydrogen-bond donors (Lipinski definition) is 0. The first kappa shape index (κ1) is 21.1. The van der Waals surface area contributed by atoms with Gasteiger partial charge in [0.15, 0.2) is 6.10 Å². The number of hydrogen-bond acceptors (Lipinski definition) is 3. The summed E-state index contributed by atoms with van der Waals surface area (Å²) in [4.78, 5) is 13.7. The maximum Gasteiger partial charge on any atom is 0.310 e. The average molecular weight is 445 g/mol. The molecule has 2 bridgehead atoms. The van der Waals surface area contributed by atoms with Crippen LogP contribution in [0.15, 0.2) is 78.9 Å². The van der Waals surface area contributed by atoms with Crippen LogP contribution in [0.1, 0.15) is 18.4 Å². The van der Waals surface area contributed by atoms with Crippen LogP contribution in [0.4, 0.5) is 0 Å². The maximum atomic E-state index is 13.7. The van der Waals surface area contributed by atoms with E-state index in [-0.39, 0.29) is 42.0 Å². The molecule has 0 radical (unpaired) electrons. The fourth-order valence-electron chi connectivity index (χ4n) is 6.79. The van der Waals surface area contributed by atoms with E-state index in [2.05, 4.69) is 54.6 Å². The minimum atomic E-state index is -0.190. The fraction of sp³-hybridized carbons (Fsp3) is 0.483. The first-order valence-electron chi connectivity index (χ1n) is 12.7. The van der Waals surface area contributed by atoms with E-state index in [0.717, 1.165) is 24.0 Å². The van der Waals surface area contributed by atoms with Gasteiger partial charge in [0.2, 0.25) is 0 Å². The summed E-state index contributed by atoms with van der Waals surface area (Å²) < 4.78 is 13.8. The Morgan fingerprint density at radius 2 is 1.55 bits per heavy atom. The lowest BCUT2D eigenvalue weighted by atomic mass is 9.71. The average Bonchev–Trinajstić information content (AvgIpc) is 2.87. The highest BCUT2D eigenvalue weighted by molar-refractivity contribution is 5.75. The topological polar surface area (TPSA) is 35.5 Å². The van der Waals surface area contributed by atoms with Crippen LogP contribution in [0.3, 0.4) is 0 Å². The first-order chi connectivity index (χ1) is 16.2. The van der Waals surface area contributed by atoms with Crippen LogP contribution < -0.4 is 0 Å². The van der Waals surface area contributed by atoms with Crippen molar-refractivity contribution < 1.29 is 18.8 Å². The zero-order valence-corrected chi connectivity index (χ0v) is 19.2. The van der Waals surface area contributed by atoms with Gasteiger partial charge >= 0.3 is 5.97 Å². The summed E-state index contributed by atoms with van der Waals surface area (Å²) in [5.41, 5.74) is 1.40. The molecule has 4 saturated heterocycles. The van der Waals surface area contributed by atoms with Crippen LogP contribution in [-0.4, -0.2) is 54.9 Å². The second-order valence-electron chi connectivity index (χ2n) is 10.5. The van der Waals surface area contributed by atoms with Gasteiger partial charge in [0, 0.05) is 37.0 Å². The predicted octanol–water partition coefficient (Wildman–Crippen LogP) is 4.25. The lowest BCUT2D eigenvalue weighted by molar-refractivity contribution is -0.946. The van der Waals surface area contributed by atoms with E-state index in [9.17, 15) is 4.79 Å². The summed E-state index contributed by atoms with van der Waals surface area (Å²) in [6, 6.07) is 10.8. The molecule has 0 aromatic heterocycles. The van der Waals surface area contributed by atoms with E-state index in [1.54, 1.807) is 0 Å². The number of piperidine rings is 3. The summed E-state index contributed by atoms with van der Waals surface area (Å²) >= 11 is 0. The molecular formula is C29H34NO3+. The van der Waals surface area contributed by atoms with E-state index in [1.165, 1.54) is 31.5 Å². The van der Waals surface area contributed by atoms with Crippen molar-refractivity contribution in [3.05, 3.63) is 84.5 Å². The normalized spacial score (nSPS) is 40.3. The molecule has 1 aromatic carbocycles. The third-order valence-electron chi connectivity index (χ3n) is 8.69. The predicted molar refractivity (Wildman–Crippen MR) is 128 cm³/mol. The molecule has 4 aliphatic heterocycles. The molecule has 7 rings (SSSR count). The summed E-state index contributed by atoms with van der Waals surface area (Å²) in [5.74, 6) is 0.387. The van der Waals surface area contributed by atoms with Crippen molar-refractivity contribution in [2.45, 2.75) is 37.6 Å². The van der Waals surface area contributed by atoms with Crippen LogP contribution in [-0.2, 0) is 20.7 Å². The molecule has 5 atom stereocenters. The van der Waals surface area contributed by atoms with Gasteiger partial charge < -0.3 is 14.0 Å². The Kier molecular flexibility index (Phi) is 5.59. The van der Waals surface area contributed by atoms with Gasteiger partial charge in [0.1, 0.15) is 6.54 Å². The molecule has 1 aromatic rings. The van der Waals surface area contributed by atoms with Gasteiger partial charge in [0.05, 0.1) is 37.8 Å². The van der Waals surface area contributed by atoms with Crippen molar-refractivity contribution in [1.82, 2.24) is 0 Å². The molecular weight excluding hydrogens is 410 g/mol. The zero-order chi connectivity index (χ0) is 22.3. The van der Waals surface area contributed by atoms with E-state index < -0.39 is 0 Å². The Morgan fingerprint density at radius 1 is 0.909 bits per heavy atom. The van der Waals surface area contributed by atoms with Crippen LogP contribution >= 0.6 is 0 Å². The molecule has 4 fully saturated rings. The number of ether oxygens (including phenoxy) is 2. The second kappa shape index (κ2) is 8.73. The van der Waals surface area contributed by atoms with Crippen molar-refractivity contribution in [2.75, 3.05) is 26.2 Å². The van der Waals surface area contributed by atoms with Gasteiger partial charge in [-0.3, -0.25) is 4.79 Å². The molecule has 4 unspecified atom stereocenters. The van der Waals surface area contributed by atoms with Crippen molar-refractivity contribution in [2.24, 2.45) is 23.7 Å². The lowest BCUT2D eigenvalue weighted by Crippen LogP contribution is -2.65. The van der Waals surface area contributed by atoms with Crippen LogP contribution in [0.25, 0.3) is 0 Å². The number of fused-ring (bicyclic) bond motifs is 5. The summed E-state index contributed by atoms with van der Waals surface area (Å²) in [5, 5.41) is 0. The molecule has 0 N–H and O–H groups in total. The Morgan fingerprint density at radius 3 is 2.21 bits per heavy atom. The second-order valence-corrected chi connectivity index (χ2v) is 10.5. The van der Waals surface area contributed by atoms with Crippen molar-refractivity contribution >= 4 is 5.97 Å². The molecule has 2 aliphatic carbocycles. The summed E-state index contributed by atoms with van der Waals surface area (Å²) in [7, 11) is 0. The fourth-order valence-corrected chi connectivity index (χ4v) is 6.79. The Hall–Kier alpha value is -2.43. The number of esters is 1. The van der Waals surface area contributed by atoms with Gasteiger partial charge in [-0.25, -0.2) is 0 Å². The molecule has 0 amide bonds. The van der Waals surface area contributed by atoms with E-state index in [0.29, 0.717) is 5.92 Å². The van der Waals surface area contributed by atoms with Crippen LogP contribution in [0.2, 0.25) is 0 Å². The highest BCUT2D eigenvalue weighted by Gasteiger charge is 2.51. The summed E-state index contributed by atoms with van der Waals surface area (Å²) in [6.07, 6.45) is 20.0. The SMILES string of the molecule is O=C(O[C@H]1C[N+]2(CCc3ccccc3)CCC1CC2)C1C2C=CC=CC2OC2C=CC=CC21. The standard InChI is InChI=1S/C29H34NO3/c31-29(28-23-10-4-6-12-25(23)32-26-13-7-5-11-24(26)28)33-27-20-30(18-15-22(27)16-19-30)17-14-21-8-2-1-3-9-21/h1-13,22-28H,14-20H2/q+1/t22?,23?,24?,25?,26?,27-,28?,30?/m0/s1. The van der Waals surface area contributed by atoms with E-state index >= 15 is 0 Å².